The standard InChI is InChI=1S/C16H29N3O4/c1-11(2)10-14(20)17-18-15(21)12(3)19-7-5-4-6-13(19)16-22-8-9-23-16/h11-13,16H,4-10H2,1-3H3,(H,17,20)(H,18,21). The van der Waals surface area contributed by atoms with Gasteiger partial charge < -0.3 is 9.47 Å². The summed E-state index contributed by atoms with van der Waals surface area (Å²) in [5.41, 5.74) is 5.02. The van der Waals surface area contributed by atoms with Crippen LogP contribution in [0.2, 0.25) is 0 Å². The first-order valence-corrected chi connectivity index (χ1v) is 8.56. The Labute approximate surface area is 138 Å². The molecule has 0 aromatic heterocycles. The number of nitrogens with one attached hydrogen (secondary N) is 2. The molecule has 2 atom stereocenters. The van der Waals surface area contributed by atoms with Crippen molar-refractivity contribution in [3.05, 3.63) is 0 Å². The lowest BCUT2D eigenvalue weighted by Crippen LogP contribution is -2.57. The number of amides is 2. The van der Waals surface area contributed by atoms with Gasteiger partial charge in [-0.3, -0.25) is 25.3 Å². The molecule has 2 heterocycles. The van der Waals surface area contributed by atoms with E-state index < -0.39 is 0 Å². The highest BCUT2D eigenvalue weighted by Gasteiger charge is 2.37. The number of hydrogen-bond donors (Lipinski definition) is 2. The maximum atomic E-state index is 12.3. The van der Waals surface area contributed by atoms with Crippen LogP contribution < -0.4 is 10.9 Å². The Morgan fingerprint density at radius 2 is 1.83 bits per heavy atom. The molecule has 23 heavy (non-hydrogen) atoms. The van der Waals surface area contributed by atoms with E-state index in [0.29, 0.717) is 19.6 Å². The predicted octanol–water partition coefficient (Wildman–Crippen LogP) is 0.796. The van der Waals surface area contributed by atoms with Gasteiger partial charge in [-0.1, -0.05) is 20.3 Å². The van der Waals surface area contributed by atoms with E-state index in [1.165, 1.54) is 0 Å². The molecule has 2 fully saturated rings. The molecule has 7 heteroatoms. The minimum Gasteiger partial charge on any atom is -0.349 e. The van der Waals surface area contributed by atoms with Crippen LogP contribution in [0.3, 0.4) is 0 Å². The van der Waals surface area contributed by atoms with Crippen molar-refractivity contribution in [3.8, 4) is 0 Å². The van der Waals surface area contributed by atoms with Gasteiger partial charge in [0.05, 0.1) is 25.3 Å². The minimum absolute atomic E-state index is 0.0957. The molecule has 2 rings (SSSR count). The normalized spacial score (nSPS) is 24.6. The highest BCUT2D eigenvalue weighted by Crippen LogP contribution is 2.26. The van der Waals surface area contributed by atoms with Gasteiger partial charge in [-0.25, -0.2) is 0 Å². The molecule has 0 radical (unpaired) electrons. The average Bonchev–Trinajstić information content (AvgIpc) is 3.05. The third kappa shape index (κ3) is 5.16. The van der Waals surface area contributed by atoms with Crippen molar-refractivity contribution < 1.29 is 19.1 Å². The van der Waals surface area contributed by atoms with E-state index in [0.717, 1.165) is 25.8 Å². The molecule has 2 amide bonds. The van der Waals surface area contributed by atoms with E-state index in [2.05, 4.69) is 15.8 Å². The van der Waals surface area contributed by atoms with Crippen LogP contribution >= 0.6 is 0 Å². The molecular weight excluding hydrogens is 298 g/mol. The summed E-state index contributed by atoms with van der Waals surface area (Å²) >= 11 is 0. The quantitative estimate of drug-likeness (QED) is 0.730. The Morgan fingerprint density at radius 1 is 1.13 bits per heavy atom. The van der Waals surface area contributed by atoms with Crippen molar-refractivity contribution in [3.63, 3.8) is 0 Å². The van der Waals surface area contributed by atoms with Gasteiger partial charge in [-0.05, 0) is 32.2 Å². The summed E-state index contributed by atoms with van der Waals surface area (Å²) in [7, 11) is 0. The fourth-order valence-corrected chi connectivity index (χ4v) is 3.16. The highest BCUT2D eigenvalue weighted by atomic mass is 16.7. The highest BCUT2D eigenvalue weighted by molar-refractivity contribution is 5.85. The van der Waals surface area contributed by atoms with Crippen molar-refractivity contribution in [2.24, 2.45) is 5.92 Å². The zero-order chi connectivity index (χ0) is 16.8. The molecule has 2 unspecified atom stereocenters. The summed E-state index contributed by atoms with van der Waals surface area (Å²) in [4.78, 5) is 26.1. The van der Waals surface area contributed by atoms with Crippen LogP contribution in [0.25, 0.3) is 0 Å². The van der Waals surface area contributed by atoms with Gasteiger partial charge in [0.15, 0.2) is 6.29 Å². The number of likely N-dealkylation sites (tertiary alicyclic amines) is 1. The number of hydrogen-bond acceptors (Lipinski definition) is 5. The second kappa shape index (κ2) is 8.61. The Morgan fingerprint density at radius 3 is 2.48 bits per heavy atom. The molecule has 2 aliphatic heterocycles. The van der Waals surface area contributed by atoms with Crippen molar-refractivity contribution in [1.29, 1.82) is 0 Å². The number of carbonyl (C=O) groups is 2. The van der Waals surface area contributed by atoms with E-state index in [1.807, 2.05) is 20.8 Å². The molecule has 0 saturated carbocycles. The maximum Gasteiger partial charge on any atom is 0.255 e. The SMILES string of the molecule is CC(C)CC(=O)NNC(=O)C(C)N1CCCCC1C1OCCO1. The minimum atomic E-state index is -0.340. The van der Waals surface area contributed by atoms with E-state index in [-0.39, 0.29) is 36.1 Å². The lowest BCUT2D eigenvalue weighted by atomic mass is 9.99. The van der Waals surface area contributed by atoms with Gasteiger partial charge in [0.1, 0.15) is 0 Å². The number of rotatable bonds is 5. The Hall–Kier alpha value is -1.18. The molecular formula is C16H29N3O4. The summed E-state index contributed by atoms with van der Waals surface area (Å²) in [5.74, 6) is -0.113. The van der Waals surface area contributed by atoms with E-state index in [4.69, 9.17) is 9.47 Å². The zero-order valence-corrected chi connectivity index (χ0v) is 14.3. The summed E-state index contributed by atoms with van der Waals surface area (Å²) < 4.78 is 11.3. The van der Waals surface area contributed by atoms with Crippen LogP contribution in [0.5, 0.6) is 0 Å². The van der Waals surface area contributed by atoms with Crippen LogP contribution in [0.15, 0.2) is 0 Å². The van der Waals surface area contributed by atoms with E-state index in [9.17, 15) is 9.59 Å². The van der Waals surface area contributed by atoms with Crippen molar-refractivity contribution in [2.75, 3.05) is 19.8 Å². The number of ether oxygens (including phenoxy) is 2. The molecule has 2 aliphatic rings. The lowest BCUT2D eigenvalue weighted by Gasteiger charge is -2.40. The van der Waals surface area contributed by atoms with Crippen molar-refractivity contribution in [2.45, 2.75) is 64.8 Å². The molecule has 0 aromatic carbocycles. The van der Waals surface area contributed by atoms with Crippen LogP contribution in [0.4, 0.5) is 0 Å². The molecule has 0 spiro atoms. The monoisotopic (exact) mass is 327 g/mol. The molecule has 2 saturated heterocycles. The van der Waals surface area contributed by atoms with Gasteiger partial charge in [0.25, 0.3) is 5.91 Å². The van der Waals surface area contributed by atoms with Crippen LogP contribution in [-0.2, 0) is 19.1 Å². The number of hydrazine groups is 1. The van der Waals surface area contributed by atoms with Crippen LogP contribution in [-0.4, -0.2) is 54.8 Å². The first kappa shape index (κ1) is 18.2. The largest absolute Gasteiger partial charge is 0.349 e. The fourth-order valence-electron chi connectivity index (χ4n) is 3.16. The third-order valence-electron chi connectivity index (χ3n) is 4.35. The van der Waals surface area contributed by atoms with Crippen molar-refractivity contribution >= 4 is 11.8 Å². The number of nitrogens with zero attached hydrogens (tertiary/aromatic N) is 1. The van der Waals surface area contributed by atoms with Gasteiger partial charge >= 0.3 is 0 Å². The summed E-state index contributed by atoms with van der Waals surface area (Å²) in [5, 5.41) is 0. The van der Waals surface area contributed by atoms with E-state index >= 15 is 0 Å². The summed E-state index contributed by atoms with van der Waals surface area (Å²) in [6, 6.07) is -0.245. The van der Waals surface area contributed by atoms with Gasteiger partial charge in [0, 0.05) is 6.42 Å². The topological polar surface area (TPSA) is 79.9 Å². The van der Waals surface area contributed by atoms with Gasteiger partial charge in [-0.15, -0.1) is 0 Å². The van der Waals surface area contributed by atoms with Gasteiger partial charge in [-0.2, -0.15) is 0 Å². The lowest BCUT2D eigenvalue weighted by molar-refractivity contribution is -0.141. The molecule has 2 N–H and O–H groups in total. The van der Waals surface area contributed by atoms with Crippen LogP contribution in [0.1, 0.15) is 46.5 Å². The van der Waals surface area contributed by atoms with Crippen LogP contribution in [0, 0.1) is 5.92 Å². The first-order valence-electron chi connectivity index (χ1n) is 8.56. The Bertz CT molecular complexity index is 410. The molecule has 132 valence electrons. The second-order valence-electron chi connectivity index (χ2n) is 6.72. The smallest absolute Gasteiger partial charge is 0.255 e. The zero-order valence-electron chi connectivity index (χ0n) is 14.3. The van der Waals surface area contributed by atoms with Crippen molar-refractivity contribution in [1.82, 2.24) is 15.8 Å². The second-order valence-corrected chi connectivity index (χ2v) is 6.72. The maximum absolute atomic E-state index is 12.3. The molecule has 0 aliphatic carbocycles. The number of piperidine rings is 1. The number of carbonyl (C=O) groups excluding carboxylic acids is 2. The Kier molecular flexibility index (Phi) is 6.80. The molecule has 7 nitrogen and oxygen atoms in total. The van der Waals surface area contributed by atoms with Gasteiger partial charge in [0.2, 0.25) is 5.91 Å². The Balaban J connectivity index is 1.87. The fraction of sp³-hybridized carbons (Fsp3) is 0.875. The van der Waals surface area contributed by atoms with E-state index in [1.54, 1.807) is 0 Å². The summed E-state index contributed by atoms with van der Waals surface area (Å²) in [6.07, 6.45) is 3.28. The predicted molar refractivity (Wildman–Crippen MR) is 85.2 cm³/mol. The summed E-state index contributed by atoms with van der Waals surface area (Å²) in [6.45, 7) is 7.84. The average molecular weight is 327 g/mol. The molecule has 0 aromatic rings. The third-order valence-corrected chi connectivity index (χ3v) is 4.35. The molecule has 0 bridgehead atoms. The first-order chi connectivity index (χ1) is 11.0.